The SMILES string of the molecule is COc1ccc(-c2ccc(C=C3C(=O)NC(=O)NC3=O)o2)c([N+](=O)[O-])c1. The molecule has 2 heterocycles. The second kappa shape index (κ2) is 6.51. The maximum atomic E-state index is 11.7. The summed E-state index contributed by atoms with van der Waals surface area (Å²) in [6.45, 7) is 0. The minimum absolute atomic E-state index is 0.111. The van der Waals surface area contributed by atoms with Gasteiger partial charge in [0.15, 0.2) is 0 Å². The third-order valence-electron chi connectivity index (χ3n) is 3.52. The number of nitro groups is 1. The third-order valence-corrected chi connectivity index (χ3v) is 3.52. The van der Waals surface area contributed by atoms with Crippen LogP contribution in [0.25, 0.3) is 17.4 Å². The summed E-state index contributed by atoms with van der Waals surface area (Å²) in [7, 11) is 1.39. The summed E-state index contributed by atoms with van der Waals surface area (Å²) >= 11 is 0. The molecule has 3 rings (SSSR count). The number of nitrogens with zero attached hydrogens (tertiary/aromatic N) is 1. The molecule has 4 amide bonds. The van der Waals surface area contributed by atoms with Gasteiger partial charge in [-0.2, -0.15) is 0 Å². The van der Waals surface area contributed by atoms with Crippen LogP contribution < -0.4 is 15.4 Å². The minimum Gasteiger partial charge on any atom is -0.497 e. The number of nitro benzene ring substituents is 1. The molecule has 0 spiro atoms. The standard InChI is InChI=1S/C16H11N3O7/c1-25-8-2-4-10(12(7-8)19(23)24)13-5-3-9(26-13)6-11-14(20)17-16(22)18-15(11)21/h2-7H,1H3,(H2,17,18,20,21,22). The van der Waals surface area contributed by atoms with Crippen molar-refractivity contribution in [3.05, 3.63) is 51.8 Å². The summed E-state index contributed by atoms with van der Waals surface area (Å²) in [6.07, 6.45) is 1.13. The lowest BCUT2D eigenvalue weighted by Gasteiger charge is -2.13. The van der Waals surface area contributed by atoms with Crippen molar-refractivity contribution in [3.8, 4) is 17.1 Å². The fourth-order valence-corrected chi connectivity index (χ4v) is 2.32. The number of hydrogen-bond donors (Lipinski definition) is 2. The first-order chi connectivity index (χ1) is 12.4. The highest BCUT2D eigenvalue weighted by Crippen LogP contribution is 2.34. The van der Waals surface area contributed by atoms with Crippen molar-refractivity contribution in [1.82, 2.24) is 10.6 Å². The normalized spacial score (nSPS) is 13.9. The lowest BCUT2D eigenvalue weighted by Crippen LogP contribution is -2.51. The number of urea groups is 1. The highest BCUT2D eigenvalue weighted by Gasteiger charge is 2.28. The average Bonchev–Trinajstić information content (AvgIpc) is 3.06. The largest absolute Gasteiger partial charge is 0.497 e. The number of methoxy groups -OCH3 is 1. The van der Waals surface area contributed by atoms with E-state index in [2.05, 4.69) is 0 Å². The van der Waals surface area contributed by atoms with Gasteiger partial charge in [-0.15, -0.1) is 0 Å². The molecule has 1 aromatic heterocycles. The Morgan fingerprint density at radius 3 is 2.42 bits per heavy atom. The average molecular weight is 357 g/mol. The lowest BCUT2D eigenvalue weighted by molar-refractivity contribution is -0.384. The third kappa shape index (κ3) is 3.15. The first-order valence-corrected chi connectivity index (χ1v) is 7.20. The maximum absolute atomic E-state index is 11.7. The van der Waals surface area contributed by atoms with E-state index in [0.29, 0.717) is 5.75 Å². The van der Waals surface area contributed by atoms with Crippen molar-refractivity contribution in [2.45, 2.75) is 0 Å². The number of barbiturate groups is 1. The summed E-state index contributed by atoms with van der Waals surface area (Å²) in [6, 6.07) is 6.25. The molecule has 0 aliphatic carbocycles. The van der Waals surface area contributed by atoms with E-state index >= 15 is 0 Å². The van der Waals surface area contributed by atoms with Crippen molar-refractivity contribution in [1.29, 1.82) is 0 Å². The second-order valence-electron chi connectivity index (χ2n) is 5.14. The van der Waals surface area contributed by atoms with Gasteiger partial charge in [0.25, 0.3) is 17.5 Å². The zero-order valence-electron chi connectivity index (χ0n) is 13.3. The van der Waals surface area contributed by atoms with Crippen LogP contribution in [0.15, 0.2) is 40.3 Å². The van der Waals surface area contributed by atoms with Crippen LogP contribution >= 0.6 is 0 Å². The fraction of sp³-hybridized carbons (Fsp3) is 0.0625. The van der Waals surface area contributed by atoms with E-state index in [1.807, 2.05) is 10.6 Å². The van der Waals surface area contributed by atoms with Gasteiger partial charge in [-0.05, 0) is 30.3 Å². The maximum Gasteiger partial charge on any atom is 0.328 e. The smallest absolute Gasteiger partial charge is 0.328 e. The van der Waals surface area contributed by atoms with Crippen LogP contribution in [0.3, 0.4) is 0 Å². The number of furan rings is 1. The predicted molar refractivity (Wildman–Crippen MR) is 87.0 cm³/mol. The van der Waals surface area contributed by atoms with Crippen molar-refractivity contribution in [2.24, 2.45) is 0 Å². The van der Waals surface area contributed by atoms with Gasteiger partial charge < -0.3 is 9.15 Å². The lowest BCUT2D eigenvalue weighted by atomic mass is 10.1. The molecule has 1 fully saturated rings. The Bertz CT molecular complexity index is 952. The van der Waals surface area contributed by atoms with E-state index in [1.54, 1.807) is 0 Å². The van der Waals surface area contributed by atoms with Crippen LogP contribution in [0.1, 0.15) is 5.76 Å². The van der Waals surface area contributed by atoms with E-state index in [4.69, 9.17) is 9.15 Å². The Morgan fingerprint density at radius 2 is 1.81 bits per heavy atom. The van der Waals surface area contributed by atoms with Crippen LogP contribution in [0.2, 0.25) is 0 Å². The summed E-state index contributed by atoms with van der Waals surface area (Å²) in [5.74, 6) is -1.15. The number of ether oxygens (including phenoxy) is 1. The van der Waals surface area contributed by atoms with Crippen LogP contribution in [-0.4, -0.2) is 29.9 Å². The highest BCUT2D eigenvalue weighted by molar-refractivity contribution is 6.31. The molecule has 132 valence electrons. The number of benzene rings is 1. The monoisotopic (exact) mass is 357 g/mol. The molecule has 10 nitrogen and oxygen atoms in total. The highest BCUT2D eigenvalue weighted by atomic mass is 16.6. The number of imide groups is 2. The number of hydrogen-bond acceptors (Lipinski definition) is 7. The molecule has 1 saturated heterocycles. The van der Waals surface area contributed by atoms with Gasteiger partial charge in [0.05, 0.1) is 23.7 Å². The number of amides is 4. The zero-order valence-corrected chi connectivity index (χ0v) is 13.3. The van der Waals surface area contributed by atoms with Gasteiger partial charge >= 0.3 is 6.03 Å². The molecule has 0 bridgehead atoms. The Labute approximate surface area is 145 Å². The quantitative estimate of drug-likeness (QED) is 0.366. The topological polar surface area (TPSA) is 141 Å². The number of carbonyl (C=O) groups is 3. The van der Waals surface area contributed by atoms with Gasteiger partial charge in [0.1, 0.15) is 22.8 Å². The summed E-state index contributed by atoms with van der Waals surface area (Å²) < 4.78 is 10.5. The molecule has 1 aliphatic rings. The van der Waals surface area contributed by atoms with Crippen LogP contribution in [0.4, 0.5) is 10.5 Å². The molecule has 1 aliphatic heterocycles. The molecular weight excluding hydrogens is 346 g/mol. The van der Waals surface area contributed by atoms with Crippen LogP contribution in [-0.2, 0) is 9.59 Å². The second-order valence-corrected chi connectivity index (χ2v) is 5.14. The van der Waals surface area contributed by atoms with Gasteiger partial charge in [-0.1, -0.05) is 0 Å². The van der Waals surface area contributed by atoms with Crippen molar-refractivity contribution in [2.75, 3.05) is 7.11 Å². The molecule has 2 aromatic rings. The van der Waals surface area contributed by atoms with Crippen molar-refractivity contribution in [3.63, 3.8) is 0 Å². The predicted octanol–water partition coefficient (Wildman–Crippen LogP) is 1.61. The Balaban J connectivity index is 1.97. The molecule has 1 aromatic carbocycles. The Kier molecular flexibility index (Phi) is 4.23. The minimum atomic E-state index is -0.911. The van der Waals surface area contributed by atoms with Gasteiger partial charge in [-0.25, -0.2) is 4.79 Å². The van der Waals surface area contributed by atoms with Gasteiger partial charge in [-0.3, -0.25) is 30.3 Å². The van der Waals surface area contributed by atoms with Crippen molar-refractivity contribution < 1.29 is 28.5 Å². The Hall–Kier alpha value is -3.95. The molecule has 10 heteroatoms. The van der Waals surface area contributed by atoms with Crippen molar-refractivity contribution >= 4 is 29.6 Å². The zero-order chi connectivity index (χ0) is 18.8. The first-order valence-electron chi connectivity index (χ1n) is 7.20. The van der Waals surface area contributed by atoms with Crippen LogP contribution in [0.5, 0.6) is 5.75 Å². The van der Waals surface area contributed by atoms with Crippen LogP contribution in [0, 0.1) is 10.1 Å². The molecule has 0 radical (unpaired) electrons. The summed E-state index contributed by atoms with van der Waals surface area (Å²) in [4.78, 5) is 45.1. The number of carbonyl (C=O) groups excluding carboxylic acids is 3. The molecule has 26 heavy (non-hydrogen) atoms. The number of nitrogens with one attached hydrogen (secondary N) is 2. The van der Waals surface area contributed by atoms with E-state index in [1.165, 1.54) is 37.4 Å². The first kappa shape index (κ1) is 16.9. The molecular formula is C16H11N3O7. The van der Waals surface area contributed by atoms with Gasteiger partial charge in [0.2, 0.25) is 0 Å². The van der Waals surface area contributed by atoms with Gasteiger partial charge in [0, 0.05) is 0 Å². The number of rotatable bonds is 4. The molecule has 2 N–H and O–H groups in total. The summed E-state index contributed by atoms with van der Waals surface area (Å²) in [5, 5.41) is 15.1. The summed E-state index contributed by atoms with van der Waals surface area (Å²) in [5.41, 5.74) is -0.348. The fourth-order valence-electron chi connectivity index (χ4n) is 2.32. The molecule has 0 saturated carbocycles. The van der Waals surface area contributed by atoms with E-state index < -0.39 is 22.8 Å². The molecule has 0 atom stereocenters. The van der Waals surface area contributed by atoms with E-state index in [0.717, 1.165) is 6.08 Å². The molecule has 0 unspecified atom stereocenters. The van der Waals surface area contributed by atoms with E-state index in [9.17, 15) is 24.5 Å². The van der Waals surface area contributed by atoms with E-state index in [-0.39, 0.29) is 28.3 Å². The Morgan fingerprint density at radius 1 is 1.12 bits per heavy atom.